The van der Waals surface area contributed by atoms with Crippen molar-refractivity contribution >= 4 is 34.5 Å². The molecule has 2 aromatic heterocycles. The molecule has 0 aliphatic heterocycles. The molecule has 0 unspecified atom stereocenters. The van der Waals surface area contributed by atoms with Gasteiger partial charge in [0.15, 0.2) is 18.1 Å². The number of para-hydroxylation sites is 2. The summed E-state index contributed by atoms with van der Waals surface area (Å²) in [7, 11) is 0. The third kappa shape index (κ3) is 3.98. The summed E-state index contributed by atoms with van der Waals surface area (Å²) in [6.45, 7) is 1.91. The van der Waals surface area contributed by atoms with Crippen LogP contribution in [0.15, 0.2) is 48.5 Å². The fourth-order valence-electron chi connectivity index (χ4n) is 2.95. The van der Waals surface area contributed by atoms with Crippen molar-refractivity contribution in [2.75, 3.05) is 11.1 Å². The zero-order valence-electron chi connectivity index (χ0n) is 15.7. The van der Waals surface area contributed by atoms with Crippen LogP contribution in [0.5, 0.6) is 0 Å². The van der Waals surface area contributed by atoms with Crippen molar-refractivity contribution in [1.82, 2.24) is 25.1 Å². The molecule has 0 amide bonds. The van der Waals surface area contributed by atoms with Crippen LogP contribution in [0, 0.1) is 0 Å². The normalized spacial score (nSPS) is 10.8. The van der Waals surface area contributed by atoms with Crippen LogP contribution >= 0.6 is 0 Å². The van der Waals surface area contributed by atoms with Crippen LogP contribution in [-0.4, -0.2) is 31.1 Å². The van der Waals surface area contributed by atoms with E-state index in [-0.39, 0.29) is 30.0 Å². The highest BCUT2D eigenvalue weighted by Gasteiger charge is 2.16. The Morgan fingerprint density at radius 1 is 1.10 bits per heavy atom. The van der Waals surface area contributed by atoms with E-state index in [1.54, 1.807) is 6.07 Å². The molecule has 0 bridgehead atoms. The maximum atomic E-state index is 12.4. The number of aromatic nitrogens is 5. The van der Waals surface area contributed by atoms with Gasteiger partial charge in [-0.3, -0.25) is 5.10 Å². The van der Waals surface area contributed by atoms with Crippen LogP contribution in [-0.2, 0) is 17.8 Å². The molecule has 2 aromatic carbocycles. The van der Waals surface area contributed by atoms with E-state index in [9.17, 15) is 4.79 Å². The van der Waals surface area contributed by atoms with E-state index in [2.05, 4.69) is 37.4 Å². The van der Waals surface area contributed by atoms with Crippen LogP contribution < -0.4 is 11.1 Å². The Morgan fingerprint density at radius 2 is 1.90 bits per heavy atom. The average Bonchev–Trinajstić information content (AvgIpc) is 3.16. The van der Waals surface area contributed by atoms with Crippen LogP contribution in [0.25, 0.3) is 10.9 Å². The number of carbonyl (C=O) groups excluding carboxylic acids is 1. The van der Waals surface area contributed by atoms with Crippen molar-refractivity contribution in [1.29, 1.82) is 0 Å². The predicted molar refractivity (Wildman–Crippen MR) is 109 cm³/mol. The van der Waals surface area contributed by atoms with Crippen molar-refractivity contribution in [3.05, 3.63) is 65.6 Å². The highest BCUT2D eigenvalue weighted by Crippen LogP contribution is 2.20. The van der Waals surface area contributed by atoms with Gasteiger partial charge < -0.3 is 15.8 Å². The summed E-state index contributed by atoms with van der Waals surface area (Å²) in [5.74, 6) is -0.0168. The smallest absolute Gasteiger partial charge is 0.359 e. The number of carbonyl (C=O) groups is 1. The number of nitrogen functional groups attached to an aromatic ring is 1. The predicted octanol–water partition coefficient (Wildman–Crippen LogP) is 2.99. The van der Waals surface area contributed by atoms with Crippen LogP contribution in [0.3, 0.4) is 0 Å². The first-order valence-electron chi connectivity index (χ1n) is 9.09. The molecular formula is C20H19N7O2. The van der Waals surface area contributed by atoms with Gasteiger partial charge in [-0.15, -0.1) is 0 Å². The van der Waals surface area contributed by atoms with Gasteiger partial charge in [-0.25, -0.2) is 4.79 Å². The molecule has 4 N–H and O–H groups in total. The summed E-state index contributed by atoms with van der Waals surface area (Å²) in [5.41, 5.74) is 8.76. The number of rotatable bonds is 6. The van der Waals surface area contributed by atoms with E-state index in [4.69, 9.17) is 10.5 Å². The van der Waals surface area contributed by atoms with Crippen molar-refractivity contribution in [3.8, 4) is 0 Å². The maximum absolute atomic E-state index is 12.4. The minimum Gasteiger partial charge on any atom is -0.453 e. The lowest BCUT2D eigenvalue weighted by Crippen LogP contribution is -2.12. The molecule has 4 aromatic rings. The van der Waals surface area contributed by atoms with E-state index in [0.717, 1.165) is 23.2 Å². The zero-order chi connectivity index (χ0) is 20.2. The molecule has 0 aliphatic carbocycles. The van der Waals surface area contributed by atoms with Crippen molar-refractivity contribution in [3.63, 3.8) is 0 Å². The van der Waals surface area contributed by atoms with Crippen LogP contribution in [0.4, 0.5) is 17.6 Å². The Bertz CT molecular complexity index is 1170. The molecule has 9 heteroatoms. The Labute approximate surface area is 166 Å². The average molecular weight is 389 g/mol. The molecule has 0 saturated heterocycles. The molecule has 9 nitrogen and oxygen atoms in total. The fraction of sp³-hybridized carbons (Fsp3) is 0.150. The molecule has 29 heavy (non-hydrogen) atoms. The molecule has 0 aliphatic rings. The van der Waals surface area contributed by atoms with Gasteiger partial charge in [0.2, 0.25) is 11.9 Å². The molecule has 0 saturated carbocycles. The number of ether oxygens (including phenoxy) is 1. The Hall–Kier alpha value is -4.01. The minimum absolute atomic E-state index is 0.0350. The van der Waals surface area contributed by atoms with Gasteiger partial charge in [0.1, 0.15) is 0 Å². The maximum Gasteiger partial charge on any atom is 0.359 e. The summed E-state index contributed by atoms with van der Waals surface area (Å²) in [6, 6.07) is 15.1. The fourth-order valence-corrected chi connectivity index (χ4v) is 2.95. The molecule has 0 spiro atoms. The van der Waals surface area contributed by atoms with Gasteiger partial charge in [0.05, 0.1) is 5.52 Å². The number of nitrogens with zero attached hydrogens (tertiary/aromatic N) is 4. The second-order valence-corrected chi connectivity index (χ2v) is 6.26. The summed E-state index contributed by atoms with van der Waals surface area (Å²) >= 11 is 0. The molecule has 0 radical (unpaired) electrons. The SMILES string of the molecule is CCc1ccccc1Nc1nc(N)nc(COC(=O)c2n[nH]c3ccccc23)n1. The molecule has 4 rings (SSSR count). The number of esters is 1. The number of nitrogens with one attached hydrogen (secondary N) is 2. The third-order valence-electron chi connectivity index (χ3n) is 4.34. The minimum atomic E-state index is -0.577. The van der Waals surface area contributed by atoms with E-state index in [1.807, 2.05) is 42.5 Å². The summed E-state index contributed by atoms with van der Waals surface area (Å²) < 4.78 is 5.33. The van der Waals surface area contributed by atoms with Gasteiger partial charge >= 0.3 is 5.97 Å². The number of aromatic amines is 1. The summed E-state index contributed by atoms with van der Waals surface area (Å²) in [4.78, 5) is 24.9. The first-order valence-corrected chi connectivity index (χ1v) is 9.09. The van der Waals surface area contributed by atoms with Gasteiger partial charge in [-0.1, -0.05) is 43.3 Å². The summed E-state index contributed by atoms with van der Waals surface area (Å²) in [6.07, 6.45) is 0.853. The van der Waals surface area contributed by atoms with Gasteiger partial charge in [-0.2, -0.15) is 20.1 Å². The van der Waals surface area contributed by atoms with Crippen LogP contribution in [0.1, 0.15) is 28.8 Å². The van der Waals surface area contributed by atoms with Crippen molar-refractivity contribution in [2.24, 2.45) is 0 Å². The Kier molecular flexibility index (Phi) is 5.02. The Balaban J connectivity index is 1.50. The number of hydrogen-bond donors (Lipinski definition) is 3. The lowest BCUT2D eigenvalue weighted by Gasteiger charge is -2.10. The number of nitrogens with two attached hydrogens (primary N) is 1. The number of H-pyrrole nitrogens is 1. The van der Waals surface area contributed by atoms with E-state index in [1.165, 1.54) is 0 Å². The largest absolute Gasteiger partial charge is 0.453 e. The van der Waals surface area contributed by atoms with Gasteiger partial charge in [-0.05, 0) is 24.1 Å². The lowest BCUT2D eigenvalue weighted by molar-refractivity contribution is 0.0457. The standard InChI is InChI=1S/C20H19N7O2/c1-2-12-7-3-5-9-14(12)22-20-24-16(23-19(21)25-20)11-29-18(28)17-13-8-4-6-10-15(13)26-27-17/h3-10H,2,11H2,1H3,(H,26,27)(H3,21,22,23,24,25). The van der Waals surface area contributed by atoms with Crippen LogP contribution in [0.2, 0.25) is 0 Å². The number of hydrogen-bond acceptors (Lipinski definition) is 8. The number of anilines is 3. The highest BCUT2D eigenvalue weighted by atomic mass is 16.5. The number of aryl methyl sites for hydroxylation is 1. The molecule has 0 atom stereocenters. The lowest BCUT2D eigenvalue weighted by atomic mass is 10.1. The quantitative estimate of drug-likeness (QED) is 0.429. The van der Waals surface area contributed by atoms with Crippen molar-refractivity contribution < 1.29 is 9.53 Å². The first-order chi connectivity index (χ1) is 14.1. The van der Waals surface area contributed by atoms with Gasteiger partial charge in [0.25, 0.3) is 0 Å². The topological polar surface area (TPSA) is 132 Å². The monoisotopic (exact) mass is 389 g/mol. The van der Waals surface area contributed by atoms with Crippen molar-refractivity contribution in [2.45, 2.75) is 20.0 Å². The third-order valence-corrected chi connectivity index (χ3v) is 4.34. The highest BCUT2D eigenvalue weighted by molar-refractivity contribution is 6.01. The van der Waals surface area contributed by atoms with E-state index in [0.29, 0.717) is 5.39 Å². The molecule has 2 heterocycles. The van der Waals surface area contributed by atoms with E-state index >= 15 is 0 Å². The number of fused-ring (bicyclic) bond motifs is 1. The number of benzene rings is 2. The zero-order valence-corrected chi connectivity index (χ0v) is 15.7. The molecule has 0 fully saturated rings. The Morgan fingerprint density at radius 3 is 2.76 bits per heavy atom. The second kappa shape index (κ2) is 7.93. The molecule has 146 valence electrons. The molecular weight excluding hydrogens is 370 g/mol. The van der Waals surface area contributed by atoms with E-state index < -0.39 is 5.97 Å². The first kappa shape index (κ1) is 18.4. The second-order valence-electron chi connectivity index (χ2n) is 6.26. The van der Waals surface area contributed by atoms with Gasteiger partial charge in [0, 0.05) is 11.1 Å². The summed E-state index contributed by atoms with van der Waals surface area (Å²) in [5, 5.41) is 10.7.